The minimum absolute atomic E-state index is 0.145. The quantitative estimate of drug-likeness (QED) is 0.598. The molecule has 134 valence electrons. The predicted molar refractivity (Wildman–Crippen MR) is 101 cm³/mol. The summed E-state index contributed by atoms with van der Waals surface area (Å²) in [4.78, 5) is 17.1. The number of benzene rings is 2. The van der Waals surface area contributed by atoms with Crippen LogP contribution in [0.5, 0.6) is 0 Å². The standard InChI is InChI=1S/C21H17FN4O/c1-14(15-5-3-2-4-6-15)25-21(27)18-13-24-26-19(11-12-23-20(18)26)16-7-9-17(22)10-8-16/h2-14H,1H3,(H,25,27). The average Bonchev–Trinajstić information content (AvgIpc) is 3.13. The number of amides is 1. The smallest absolute Gasteiger partial charge is 0.257 e. The first-order chi connectivity index (χ1) is 13.1. The van der Waals surface area contributed by atoms with Crippen molar-refractivity contribution >= 4 is 11.6 Å². The largest absolute Gasteiger partial charge is 0.345 e. The summed E-state index contributed by atoms with van der Waals surface area (Å²) in [5, 5.41) is 7.29. The number of nitrogens with one attached hydrogen (secondary N) is 1. The van der Waals surface area contributed by atoms with Crippen molar-refractivity contribution in [1.82, 2.24) is 19.9 Å². The molecule has 1 atom stereocenters. The first kappa shape index (κ1) is 16.9. The normalized spacial score (nSPS) is 12.1. The van der Waals surface area contributed by atoms with Gasteiger partial charge in [-0.15, -0.1) is 0 Å². The second kappa shape index (κ2) is 6.99. The van der Waals surface area contributed by atoms with Crippen molar-refractivity contribution in [2.75, 3.05) is 0 Å². The summed E-state index contributed by atoms with van der Waals surface area (Å²) >= 11 is 0. The number of hydrogen-bond donors (Lipinski definition) is 1. The third-order valence-electron chi connectivity index (χ3n) is 4.43. The lowest BCUT2D eigenvalue weighted by Crippen LogP contribution is -2.26. The molecule has 0 aliphatic heterocycles. The van der Waals surface area contributed by atoms with Crippen LogP contribution in [-0.2, 0) is 0 Å². The molecule has 0 fully saturated rings. The summed E-state index contributed by atoms with van der Waals surface area (Å²) in [6, 6.07) is 17.5. The van der Waals surface area contributed by atoms with Gasteiger partial charge in [0.15, 0.2) is 5.65 Å². The summed E-state index contributed by atoms with van der Waals surface area (Å²) in [7, 11) is 0. The molecule has 0 spiro atoms. The van der Waals surface area contributed by atoms with E-state index >= 15 is 0 Å². The Bertz CT molecular complexity index is 1090. The molecule has 1 amide bonds. The van der Waals surface area contributed by atoms with Crippen molar-refractivity contribution in [1.29, 1.82) is 0 Å². The first-order valence-corrected chi connectivity index (χ1v) is 8.58. The number of carbonyl (C=O) groups excluding carboxylic acids is 1. The maximum Gasteiger partial charge on any atom is 0.257 e. The van der Waals surface area contributed by atoms with Gasteiger partial charge in [0.1, 0.15) is 11.4 Å². The van der Waals surface area contributed by atoms with Gasteiger partial charge in [-0.1, -0.05) is 30.3 Å². The molecule has 2 heterocycles. The van der Waals surface area contributed by atoms with Crippen LogP contribution in [0.25, 0.3) is 16.9 Å². The molecule has 0 radical (unpaired) electrons. The Balaban J connectivity index is 1.66. The highest BCUT2D eigenvalue weighted by Gasteiger charge is 2.18. The Morgan fingerprint density at radius 3 is 2.56 bits per heavy atom. The molecule has 0 aliphatic rings. The van der Waals surface area contributed by atoms with Crippen molar-refractivity contribution < 1.29 is 9.18 Å². The van der Waals surface area contributed by atoms with Gasteiger partial charge in [-0.25, -0.2) is 13.9 Å². The van der Waals surface area contributed by atoms with Gasteiger partial charge in [0.25, 0.3) is 5.91 Å². The fraction of sp³-hybridized carbons (Fsp3) is 0.0952. The molecule has 1 N–H and O–H groups in total. The predicted octanol–water partition coefficient (Wildman–Crippen LogP) is 4.03. The Hall–Kier alpha value is -3.54. The van der Waals surface area contributed by atoms with E-state index in [9.17, 15) is 9.18 Å². The Morgan fingerprint density at radius 1 is 1.07 bits per heavy atom. The molecular weight excluding hydrogens is 343 g/mol. The minimum atomic E-state index is -0.306. The minimum Gasteiger partial charge on any atom is -0.345 e. The van der Waals surface area contributed by atoms with E-state index < -0.39 is 0 Å². The van der Waals surface area contributed by atoms with Gasteiger partial charge in [-0.2, -0.15) is 5.10 Å². The molecule has 2 aromatic carbocycles. The van der Waals surface area contributed by atoms with Gasteiger partial charge in [-0.05, 0) is 42.8 Å². The molecule has 5 nitrogen and oxygen atoms in total. The number of nitrogens with zero attached hydrogens (tertiary/aromatic N) is 3. The number of halogens is 1. The first-order valence-electron chi connectivity index (χ1n) is 8.58. The van der Waals surface area contributed by atoms with Crippen LogP contribution in [0.3, 0.4) is 0 Å². The summed E-state index contributed by atoms with van der Waals surface area (Å²) in [6.07, 6.45) is 3.12. The van der Waals surface area contributed by atoms with Crippen molar-refractivity contribution in [3.63, 3.8) is 0 Å². The van der Waals surface area contributed by atoms with Crippen LogP contribution in [0, 0.1) is 5.82 Å². The Labute approximate surface area is 155 Å². The lowest BCUT2D eigenvalue weighted by molar-refractivity contribution is 0.0941. The zero-order valence-electron chi connectivity index (χ0n) is 14.6. The topological polar surface area (TPSA) is 59.3 Å². The van der Waals surface area contributed by atoms with E-state index in [1.807, 2.05) is 37.3 Å². The van der Waals surface area contributed by atoms with E-state index in [0.717, 1.165) is 16.8 Å². The Kier molecular flexibility index (Phi) is 4.38. The van der Waals surface area contributed by atoms with E-state index in [4.69, 9.17) is 0 Å². The number of aromatic nitrogens is 3. The molecule has 6 heteroatoms. The lowest BCUT2D eigenvalue weighted by Gasteiger charge is -2.13. The van der Waals surface area contributed by atoms with Crippen LogP contribution in [0.4, 0.5) is 4.39 Å². The van der Waals surface area contributed by atoms with Crippen LogP contribution in [0.1, 0.15) is 28.9 Å². The van der Waals surface area contributed by atoms with Gasteiger partial charge in [0, 0.05) is 11.8 Å². The van der Waals surface area contributed by atoms with Crippen molar-refractivity contribution in [3.05, 3.63) is 90.0 Å². The molecule has 0 saturated carbocycles. The van der Waals surface area contributed by atoms with E-state index in [2.05, 4.69) is 15.4 Å². The van der Waals surface area contributed by atoms with Gasteiger partial charge in [0.05, 0.1) is 17.9 Å². The van der Waals surface area contributed by atoms with E-state index in [1.165, 1.54) is 18.3 Å². The van der Waals surface area contributed by atoms with E-state index in [-0.39, 0.29) is 17.8 Å². The molecule has 27 heavy (non-hydrogen) atoms. The van der Waals surface area contributed by atoms with Gasteiger partial charge < -0.3 is 5.32 Å². The summed E-state index contributed by atoms with van der Waals surface area (Å²) in [5.74, 6) is -0.551. The molecule has 4 rings (SSSR count). The highest BCUT2D eigenvalue weighted by atomic mass is 19.1. The maximum absolute atomic E-state index is 13.2. The maximum atomic E-state index is 13.2. The van der Waals surface area contributed by atoms with Gasteiger partial charge in [-0.3, -0.25) is 4.79 Å². The second-order valence-corrected chi connectivity index (χ2v) is 6.24. The molecule has 0 aliphatic carbocycles. The lowest BCUT2D eigenvalue weighted by atomic mass is 10.1. The molecule has 0 saturated heterocycles. The zero-order chi connectivity index (χ0) is 18.8. The number of fused-ring (bicyclic) bond motifs is 1. The molecule has 4 aromatic rings. The van der Waals surface area contributed by atoms with Crippen LogP contribution in [0.15, 0.2) is 73.1 Å². The number of carbonyl (C=O) groups is 1. The van der Waals surface area contributed by atoms with Crippen LogP contribution >= 0.6 is 0 Å². The van der Waals surface area contributed by atoms with Crippen molar-refractivity contribution in [3.8, 4) is 11.3 Å². The SMILES string of the molecule is CC(NC(=O)c1cnn2c(-c3ccc(F)cc3)ccnc12)c1ccccc1. The fourth-order valence-electron chi connectivity index (χ4n) is 2.99. The summed E-state index contributed by atoms with van der Waals surface area (Å²) in [5.41, 5.74) is 3.38. The van der Waals surface area contributed by atoms with Gasteiger partial charge >= 0.3 is 0 Å². The second-order valence-electron chi connectivity index (χ2n) is 6.24. The Morgan fingerprint density at radius 2 is 1.81 bits per heavy atom. The van der Waals surface area contributed by atoms with Crippen LogP contribution in [0.2, 0.25) is 0 Å². The molecule has 1 unspecified atom stereocenters. The highest BCUT2D eigenvalue weighted by Crippen LogP contribution is 2.22. The van der Waals surface area contributed by atoms with Crippen molar-refractivity contribution in [2.24, 2.45) is 0 Å². The number of rotatable bonds is 4. The number of hydrogen-bond acceptors (Lipinski definition) is 3. The monoisotopic (exact) mass is 360 g/mol. The van der Waals surface area contributed by atoms with Gasteiger partial charge in [0.2, 0.25) is 0 Å². The third kappa shape index (κ3) is 3.29. The van der Waals surface area contributed by atoms with E-state index in [0.29, 0.717) is 11.2 Å². The molecular formula is C21H17FN4O. The highest BCUT2D eigenvalue weighted by molar-refractivity contribution is 6.00. The molecule has 0 bridgehead atoms. The van der Waals surface area contributed by atoms with Crippen LogP contribution < -0.4 is 5.32 Å². The zero-order valence-corrected chi connectivity index (χ0v) is 14.6. The fourth-order valence-corrected chi connectivity index (χ4v) is 2.99. The summed E-state index contributed by atoms with van der Waals surface area (Å²) < 4.78 is 14.8. The third-order valence-corrected chi connectivity index (χ3v) is 4.43. The van der Waals surface area contributed by atoms with Crippen molar-refractivity contribution in [2.45, 2.75) is 13.0 Å². The summed E-state index contributed by atoms with van der Waals surface area (Å²) in [6.45, 7) is 1.93. The van der Waals surface area contributed by atoms with Crippen LogP contribution in [-0.4, -0.2) is 20.5 Å². The average molecular weight is 360 g/mol. The molecule has 2 aromatic heterocycles. The van der Waals surface area contributed by atoms with E-state index in [1.54, 1.807) is 28.9 Å².